The number of piperazine rings is 1. The van der Waals surface area contributed by atoms with Crippen molar-refractivity contribution in [1.29, 1.82) is 0 Å². The molecular weight excluding hydrogens is 576 g/mol. The molecule has 0 unspecified atom stereocenters. The average molecular weight is 617 g/mol. The average Bonchev–Trinajstić information content (AvgIpc) is 3.05. The van der Waals surface area contributed by atoms with Crippen LogP contribution in [0.1, 0.15) is 24.0 Å². The van der Waals surface area contributed by atoms with Gasteiger partial charge in [0, 0.05) is 19.6 Å². The Bertz CT molecular complexity index is 1380. The Labute approximate surface area is 263 Å². The molecule has 12 nitrogen and oxygen atoms in total. The van der Waals surface area contributed by atoms with E-state index >= 15 is 0 Å². The lowest BCUT2D eigenvalue weighted by molar-refractivity contribution is -0.189. The fraction of sp³-hybridized carbons (Fsp3) is 0.394. The lowest BCUT2D eigenvalue weighted by Gasteiger charge is -2.55. The molecule has 2 N–H and O–H groups in total. The predicted molar refractivity (Wildman–Crippen MR) is 167 cm³/mol. The summed E-state index contributed by atoms with van der Waals surface area (Å²) < 4.78 is 10.2. The first kappa shape index (κ1) is 32.9. The van der Waals surface area contributed by atoms with Gasteiger partial charge in [-0.3, -0.25) is 9.59 Å². The monoisotopic (exact) mass is 616 g/mol. The summed E-state index contributed by atoms with van der Waals surface area (Å²) in [6.07, 6.45) is 6.98. The van der Waals surface area contributed by atoms with Crippen molar-refractivity contribution in [3.8, 4) is 18.1 Å². The van der Waals surface area contributed by atoms with Crippen molar-refractivity contribution in [2.75, 3.05) is 46.4 Å². The lowest BCUT2D eigenvalue weighted by atomic mass is 10.0. The number of fused-ring (bicyclic) bond motifs is 1. The van der Waals surface area contributed by atoms with E-state index in [1.165, 1.54) is 16.0 Å². The maximum Gasteiger partial charge on any atom is 0.407 e. The quantitative estimate of drug-likeness (QED) is 0.201. The van der Waals surface area contributed by atoms with Gasteiger partial charge in [-0.2, -0.15) is 5.01 Å². The van der Waals surface area contributed by atoms with Gasteiger partial charge in [-0.25, -0.2) is 14.6 Å². The van der Waals surface area contributed by atoms with Gasteiger partial charge in [-0.1, -0.05) is 61.0 Å². The number of alkyl carbamates (subject to hydrolysis) is 1. The molecule has 0 aliphatic carbocycles. The SMILES string of the molecule is C#CCN1CC(=O)N2[C@@H](CCCNC(=O)OCC=C)C(=O)N(CCc3ccc(OC)cc3)C[C@@H]2N1C(=O)NCc1ccccc1. The molecular formula is C33H40N6O6. The van der Waals surface area contributed by atoms with Crippen molar-refractivity contribution in [3.63, 3.8) is 0 Å². The van der Waals surface area contributed by atoms with Crippen LogP contribution in [0, 0.1) is 12.3 Å². The molecule has 0 spiro atoms. The highest BCUT2D eigenvalue weighted by Crippen LogP contribution is 2.29. The van der Waals surface area contributed by atoms with Crippen LogP contribution in [0.25, 0.3) is 0 Å². The van der Waals surface area contributed by atoms with Gasteiger partial charge in [-0.05, 0) is 42.5 Å². The Balaban J connectivity index is 1.56. The highest BCUT2D eigenvalue weighted by atomic mass is 16.5. The maximum atomic E-state index is 13.9. The molecule has 2 aliphatic heterocycles. The molecule has 0 saturated carbocycles. The van der Waals surface area contributed by atoms with Crippen LogP contribution in [0.5, 0.6) is 5.75 Å². The van der Waals surface area contributed by atoms with Gasteiger partial charge in [-0.15, -0.1) is 6.42 Å². The first-order valence-electron chi connectivity index (χ1n) is 14.9. The van der Waals surface area contributed by atoms with Crippen molar-refractivity contribution in [2.45, 2.75) is 38.0 Å². The molecule has 0 aromatic heterocycles. The van der Waals surface area contributed by atoms with E-state index in [-0.39, 0.29) is 57.6 Å². The summed E-state index contributed by atoms with van der Waals surface area (Å²) in [5.74, 6) is 2.78. The summed E-state index contributed by atoms with van der Waals surface area (Å²) in [4.78, 5) is 56.4. The molecule has 2 saturated heterocycles. The molecule has 2 fully saturated rings. The molecule has 2 aliphatic rings. The molecule has 12 heteroatoms. The summed E-state index contributed by atoms with van der Waals surface area (Å²) in [5.41, 5.74) is 1.92. The van der Waals surface area contributed by atoms with Crippen LogP contribution >= 0.6 is 0 Å². The Morgan fingerprint density at radius 1 is 1.09 bits per heavy atom. The summed E-state index contributed by atoms with van der Waals surface area (Å²) >= 11 is 0. The second-order valence-corrected chi connectivity index (χ2v) is 10.7. The third-order valence-electron chi connectivity index (χ3n) is 7.68. The van der Waals surface area contributed by atoms with Crippen LogP contribution < -0.4 is 15.4 Å². The largest absolute Gasteiger partial charge is 0.497 e. The number of terminal acetylenes is 1. The smallest absolute Gasteiger partial charge is 0.407 e. The van der Waals surface area contributed by atoms with Crippen LogP contribution in [-0.2, 0) is 27.3 Å². The zero-order valence-electron chi connectivity index (χ0n) is 25.5. The van der Waals surface area contributed by atoms with Gasteiger partial charge in [0.1, 0.15) is 24.6 Å². The number of urea groups is 1. The number of nitrogens with zero attached hydrogens (tertiary/aromatic N) is 4. The molecule has 238 valence electrons. The number of hydrogen-bond acceptors (Lipinski definition) is 7. The molecule has 45 heavy (non-hydrogen) atoms. The highest BCUT2D eigenvalue weighted by molar-refractivity contribution is 5.91. The van der Waals surface area contributed by atoms with E-state index in [2.05, 4.69) is 23.1 Å². The summed E-state index contributed by atoms with van der Waals surface area (Å²) in [5, 5.41) is 8.64. The number of methoxy groups -OCH3 is 1. The standard InChI is InChI=1S/C33H40N6O6/c1-4-19-37-24-30(40)38-28(12-9-18-34-33(43)45-21-5-2)31(41)36(20-17-25-13-15-27(44-3)16-14-25)23-29(38)39(37)32(42)35-22-26-10-7-6-8-11-26/h1,5-8,10-11,13-16,28-29H,2,9,12,17-24H2,3H3,(H,34,43)(H,35,42)/t28-,29-/m0/s1. The zero-order valence-corrected chi connectivity index (χ0v) is 25.5. The van der Waals surface area contributed by atoms with Crippen LogP contribution in [-0.4, -0.2) is 102 Å². The third kappa shape index (κ3) is 8.55. The minimum Gasteiger partial charge on any atom is -0.497 e. The molecule has 4 rings (SSSR count). The number of carbonyl (C=O) groups is 4. The second kappa shape index (κ2) is 16.2. The molecule has 0 bridgehead atoms. The topological polar surface area (TPSA) is 124 Å². The Hall–Kier alpha value is -5.02. The van der Waals surface area contributed by atoms with Gasteiger partial charge < -0.3 is 29.9 Å². The van der Waals surface area contributed by atoms with Crippen LogP contribution in [0.15, 0.2) is 67.3 Å². The predicted octanol–water partition coefficient (Wildman–Crippen LogP) is 2.37. The van der Waals surface area contributed by atoms with Crippen molar-refractivity contribution < 1.29 is 28.7 Å². The minimum absolute atomic E-state index is 0.0377. The van der Waals surface area contributed by atoms with E-state index in [9.17, 15) is 19.2 Å². The molecule has 5 amide bonds. The van der Waals surface area contributed by atoms with E-state index in [1.807, 2.05) is 54.6 Å². The lowest BCUT2D eigenvalue weighted by Crippen LogP contribution is -2.76. The van der Waals surface area contributed by atoms with Crippen LogP contribution in [0.4, 0.5) is 9.59 Å². The van der Waals surface area contributed by atoms with Gasteiger partial charge in [0.15, 0.2) is 0 Å². The Morgan fingerprint density at radius 3 is 2.53 bits per heavy atom. The Morgan fingerprint density at radius 2 is 1.84 bits per heavy atom. The molecule has 0 radical (unpaired) electrons. The van der Waals surface area contributed by atoms with Crippen molar-refractivity contribution in [1.82, 2.24) is 30.5 Å². The summed E-state index contributed by atoms with van der Waals surface area (Å²) in [6.45, 7) is 4.49. The number of carbonyl (C=O) groups excluding carboxylic acids is 4. The number of benzene rings is 2. The molecule has 2 atom stereocenters. The summed E-state index contributed by atoms with van der Waals surface area (Å²) in [7, 11) is 1.60. The van der Waals surface area contributed by atoms with Crippen molar-refractivity contribution in [2.24, 2.45) is 0 Å². The zero-order chi connectivity index (χ0) is 32.2. The first-order valence-corrected chi connectivity index (χ1v) is 14.9. The fourth-order valence-corrected chi connectivity index (χ4v) is 5.50. The number of hydrogen-bond donors (Lipinski definition) is 2. The highest BCUT2D eigenvalue weighted by Gasteiger charge is 2.51. The number of ether oxygens (including phenoxy) is 2. The Kier molecular flexibility index (Phi) is 11.8. The molecule has 2 aromatic rings. The van der Waals surface area contributed by atoms with Gasteiger partial charge in [0.2, 0.25) is 11.8 Å². The van der Waals surface area contributed by atoms with Gasteiger partial charge in [0.05, 0.1) is 26.7 Å². The normalized spacial score (nSPS) is 18.1. The summed E-state index contributed by atoms with van der Waals surface area (Å²) in [6, 6.07) is 15.8. The number of nitrogens with one attached hydrogen (secondary N) is 2. The first-order chi connectivity index (χ1) is 21.9. The van der Waals surface area contributed by atoms with Crippen LogP contribution in [0.2, 0.25) is 0 Å². The van der Waals surface area contributed by atoms with Crippen molar-refractivity contribution in [3.05, 3.63) is 78.4 Å². The van der Waals surface area contributed by atoms with E-state index in [0.29, 0.717) is 19.4 Å². The molecule has 2 heterocycles. The number of amides is 5. The van der Waals surface area contributed by atoms with Gasteiger partial charge >= 0.3 is 12.1 Å². The van der Waals surface area contributed by atoms with Crippen LogP contribution in [0.3, 0.4) is 0 Å². The minimum atomic E-state index is -0.837. The second-order valence-electron chi connectivity index (χ2n) is 10.7. The maximum absolute atomic E-state index is 13.9. The third-order valence-corrected chi connectivity index (χ3v) is 7.68. The van der Waals surface area contributed by atoms with E-state index in [0.717, 1.165) is 16.9 Å². The van der Waals surface area contributed by atoms with E-state index in [1.54, 1.807) is 17.0 Å². The van der Waals surface area contributed by atoms with Crippen molar-refractivity contribution >= 4 is 23.9 Å². The molecule has 2 aromatic carbocycles. The van der Waals surface area contributed by atoms with E-state index < -0.39 is 24.3 Å². The van der Waals surface area contributed by atoms with Gasteiger partial charge in [0.25, 0.3) is 0 Å². The number of hydrazine groups is 1. The number of rotatable bonds is 13. The van der Waals surface area contributed by atoms with E-state index in [4.69, 9.17) is 15.9 Å². The fourth-order valence-electron chi connectivity index (χ4n) is 5.50.